The Morgan fingerprint density at radius 2 is 1.71 bits per heavy atom. The predicted octanol–water partition coefficient (Wildman–Crippen LogP) is 5.43. The number of aromatic nitrogens is 1. The molecule has 0 spiro atoms. The fourth-order valence-corrected chi connectivity index (χ4v) is 2.36. The fourth-order valence-electron chi connectivity index (χ4n) is 2.02. The smallest absolute Gasteiger partial charge is 0.257 e. The van der Waals surface area contributed by atoms with Crippen molar-refractivity contribution in [1.29, 1.82) is 0 Å². The van der Waals surface area contributed by atoms with Gasteiger partial charge in [0.05, 0.1) is 10.6 Å². The summed E-state index contributed by atoms with van der Waals surface area (Å²) in [5.74, 6) is 0.501. The number of ether oxygens (including phenoxy) is 1. The van der Waals surface area contributed by atoms with Crippen LogP contribution in [0.1, 0.15) is 10.4 Å². The number of carbonyl (C=O) groups excluding carboxylic acids is 1. The van der Waals surface area contributed by atoms with Gasteiger partial charge in [-0.05, 0) is 48.5 Å². The van der Waals surface area contributed by atoms with E-state index in [0.717, 1.165) is 0 Å². The summed E-state index contributed by atoms with van der Waals surface area (Å²) in [7, 11) is 0. The summed E-state index contributed by atoms with van der Waals surface area (Å²) in [6.07, 6.45) is 1.58. The lowest BCUT2D eigenvalue weighted by Gasteiger charge is -2.11. The third kappa shape index (κ3) is 3.85. The Morgan fingerprint density at radius 1 is 0.958 bits per heavy atom. The molecule has 1 amide bonds. The topological polar surface area (TPSA) is 51.2 Å². The molecule has 1 heterocycles. The van der Waals surface area contributed by atoms with Crippen LogP contribution < -0.4 is 10.1 Å². The van der Waals surface area contributed by atoms with E-state index in [4.69, 9.17) is 27.9 Å². The van der Waals surface area contributed by atoms with Crippen molar-refractivity contribution in [2.45, 2.75) is 0 Å². The van der Waals surface area contributed by atoms with Gasteiger partial charge in [0.1, 0.15) is 11.4 Å². The van der Waals surface area contributed by atoms with Crippen LogP contribution in [0.3, 0.4) is 0 Å². The number of rotatable bonds is 4. The normalized spacial score (nSPS) is 10.2. The van der Waals surface area contributed by atoms with Gasteiger partial charge in [0.2, 0.25) is 5.88 Å². The summed E-state index contributed by atoms with van der Waals surface area (Å²) < 4.78 is 5.71. The first-order valence-corrected chi connectivity index (χ1v) is 7.83. The van der Waals surface area contributed by atoms with E-state index in [0.29, 0.717) is 27.0 Å². The maximum Gasteiger partial charge on any atom is 0.257 e. The Balaban J connectivity index is 1.83. The van der Waals surface area contributed by atoms with E-state index in [1.807, 2.05) is 0 Å². The van der Waals surface area contributed by atoms with Crippen LogP contribution in [-0.2, 0) is 0 Å². The molecule has 1 aromatic heterocycles. The molecule has 0 bridgehead atoms. The molecule has 24 heavy (non-hydrogen) atoms. The van der Waals surface area contributed by atoms with Crippen molar-refractivity contribution in [2.75, 3.05) is 5.32 Å². The summed E-state index contributed by atoms with van der Waals surface area (Å²) in [6.45, 7) is 0. The van der Waals surface area contributed by atoms with E-state index in [9.17, 15) is 4.79 Å². The van der Waals surface area contributed by atoms with Crippen molar-refractivity contribution in [3.8, 4) is 11.6 Å². The quantitative estimate of drug-likeness (QED) is 0.676. The predicted molar refractivity (Wildman–Crippen MR) is 95.2 cm³/mol. The fraction of sp³-hybridized carbons (Fsp3) is 0. The number of hydrogen-bond acceptors (Lipinski definition) is 3. The Bertz CT molecular complexity index is 867. The van der Waals surface area contributed by atoms with Gasteiger partial charge in [-0.15, -0.1) is 0 Å². The Morgan fingerprint density at radius 3 is 2.46 bits per heavy atom. The minimum absolute atomic E-state index is 0.278. The summed E-state index contributed by atoms with van der Waals surface area (Å²) in [6, 6.07) is 17.1. The van der Waals surface area contributed by atoms with E-state index >= 15 is 0 Å². The highest BCUT2D eigenvalue weighted by molar-refractivity contribution is 6.34. The van der Waals surface area contributed by atoms with Crippen LogP contribution in [-0.4, -0.2) is 10.9 Å². The highest BCUT2D eigenvalue weighted by Gasteiger charge is 2.13. The molecule has 0 saturated heterocycles. The van der Waals surface area contributed by atoms with Gasteiger partial charge in [-0.1, -0.05) is 35.3 Å². The molecule has 4 nitrogen and oxygen atoms in total. The SMILES string of the molecule is O=C(Nc1cccnc1Oc1ccc(Cl)cc1)c1ccccc1Cl. The minimum Gasteiger partial charge on any atom is -0.437 e. The maximum absolute atomic E-state index is 12.4. The molecule has 0 aliphatic rings. The van der Waals surface area contributed by atoms with Crippen LogP contribution in [0, 0.1) is 0 Å². The van der Waals surface area contributed by atoms with Gasteiger partial charge >= 0.3 is 0 Å². The van der Waals surface area contributed by atoms with E-state index in [1.54, 1.807) is 66.9 Å². The first kappa shape index (κ1) is 16.3. The second-order valence-corrected chi connectivity index (χ2v) is 5.69. The Labute approximate surface area is 149 Å². The molecule has 0 atom stereocenters. The van der Waals surface area contributed by atoms with Gasteiger partial charge in [0, 0.05) is 11.2 Å². The number of amides is 1. The molecule has 1 N–H and O–H groups in total. The largest absolute Gasteiger partial charge is 0.437 e. The van der Waals surface area contributed by atoms with Crippen molar-refractivity contribution < 1.29 is 9.53 Å². The van der Waals surface area contributed by atoms with Gasteiger partial charge in [0.25, 0.3) is 5.91 Å². The number of carbonyl (C=O) groups is 1. The van der Waals surface area contributed by atoms with Gasteiger partial charge in [-0.25, -0.2) is 4.98 Å². The Kier molecular flexibility index (Phi) is 4.99. The number of benzene rings is 2. The summed E-state index contributed by atoms with van der Waals surface area (Å²) in [4.78, 5) is 16.6. The standard InChI is InChI=1S/C18H12Cl2N2O2/c19-12-7-9-13(10-8-12)24-18-16(6-3-11-21-18)22-17(23)14-4-1-2-5-15(14)20/h1-11H,(H,22,23). The third-order valence-electron chi connectivity index (χ3n) is 3.17. The van der Waals surface area contributed by atoms with Gasteiger partial charge in [-0.3, -0.25) is 4.79 Å². The van der Waals surface area contributed by atoms with Crippen LogP contribution in [0.5, 0.6) is 11.6 Å². The molecule has 6 heteroatoms. The Hall–Kier alpha value is -2.56. The van der Waals surface area contributed by atoms with Crippen LogP contribution in [0.25, 0.3) is 0 Å². The molecule has 0 radical (unpaired) electrons. The molecule has 2 aromatic carbocycles. The zero-order valence-electron chi connectivity index (χ0n) is 12.4. The first-order chi connectivity index (χ1) is 11.6. The number of nitrogens with one attached hydrogen (secondary N) is 1. The monoisotopic (exact) mass is 358 g/mol. The average Bonchev–Trinajstić information content (AvgIpc) is 2.59. The second kappa shape index (κ2) is 7.34. The van der Waals surface area contributed by atoms with Crippen molar-refractivity contribution >= 4 is 34.8 Å². The summed E-state index contributed by atoms with van der Waals surface area (Å²) in [5.41, 5.74) is 0.817. The molecular weight excluding hydrogens is 347 g/mol. The molecule has 0 saturated carbocycles. The first-order valence-electron chi connectivity index (χ1n) is 7.08. The lowest BCUT2D eigenvalue weighted by Crippen LogP contribution is -2.13. The molecule has 0 fully saturated rings. The van der Waals surface area contributed by atoms with E-state index in [-0.39, 0.29) is 11.8 Å². The van der Waals surface area contributed by atoms with Crippen LogP contribution in [0.15, 0.2) is 66.9 Å². The maximum atomic E-state index is 12.4. The molecule has 120 valence electrons. The van der Waals surface area contributed by atoms with Crippen molar-refractivity contribution in [3.63, 3.8) is 0 Å². The molecular formula is C18H12Cl2N2O2. The highest BCUT2D eigenvalue weighted by atomic mass is 35.5. The van der Waals surface area contributed by atoms with Gasteiger partial charge in [0.15, 0.2) is 0 Å². The zero-order valence-corrected chi connectivity index (χ0v) is 13.9. The van der Waals surface area contributed by atoms with Crippen molar-refractivity contribution in [2.24, 2.45) is 0 Å². The average molecular weight is 359 g/mol. The summed E-state index contributed by atoms with van der Waals surface area (Å²) in [5, 5.41) is 3.74. The molecule has 0 aliphatic heterocycles. The van der Waals surface area contributed by atoms with Crippen LogP contribution >= 0.6 is 23.2 Å². The van der Waals surface area contributed by atoms with Crippen LogP contribution in [0.2, 0.25) is 10.0 Å². The summed E-state index contributed by atoms with van der Waals surface area (Å²) >= 11 is 11.9. The highest BCUT2D eigenvalue weighted by Crippen LogP contribution is 2.28. The zero-order chi connectivity index (χ0) is 16.9. The van der Waals surface area contributed by atoms with E-state index in [1.165, 1.54) is 0 Å². The van der Waals surface area contributed by atoms with Gasteiger partial charge in [-0.2, -0.15) is 0 Å². The van der Waals surface area contributed by atoms with E-state index in [2.05, 4.69) is 10.3 Å². The minimum atomic E-state index is -0.338. The lowest BCUT2D eigenvalue weighted by atomic mass is 10.2. The molecule has 0 unspecified atom stereocenters. The number of nitrogens with zero attached hydrogens (tertiary/aromatic N) is 1. The van der Waals surface area contributed by atoms with E-state index < -0.39 is 0 Å². The van der Waals surface area contributed by atoms with Crippen molar-refractivity contribution in [1.82, 2.24) is 4.98 Å². The van der Waals surface area contributed by atoms with Crippen LogP contribution in [0.4, 0.5) is 5.69 Å². The lowest BCUT2D eigenvalue weighted by molar-refractivity contribution is 0.102. The number of halogens is 2. The molecule has 3 rings (SSSR count). The second-order valence-electron chi connectivity index (χ2n) is 4.85. The number of anilines is 1. The van der Waals surface area contributed by atoms with Gasteiger partial charge < -0.3 is 10.1 Å². The molecule has 0 aliphatic carbocycles. The number of hydrogen-bond donors (Lipinski definition) is 1. The van der Waals surface area contributed by atoms with Crippen molar-refractivity contribution in [3.05, 3.63) is 82.5 Å². The third-order valence-corrected chi connectivity index (χ3v) is 3.75. The molecule has 3 aromatic rings. The number of pyridine rings is 1.